The second kappa shape index (κ2) is 2.57. The van der Waals surface area contributed by atoms with Gasteiger partial charge in [-0.3, -0.25) is 10.1 Å². The van der Waals surface area contributed by atoms with Crippen LogP contribution in [0, 0.1) is 8.98 Å². The van der Waals surface area contributed by atoms with Crippen LogP contribution in [0.2, 0.25) is 0 Å². The van der Waals surface area contributed by atoms with Gasteiger partial charge in [-0.1, -0.05) is 0 Å². The van der Waals surface area contributed by atoms with Gasteiger partial charge < -0.3 is 5.73 Å². The number of nitrogen functional groups attached to an aromatic ring is 1. The van der Waals surface area contributed by atoms with E-state index in [0.29, 0.717) is 5.69 Å². The van der Waals surface area contributed by atoms with Crippen LogP contribution in [-0.4, -0.2) is 15.6 Å². The molecule has 1 rings (SSSR count). The highest BCUT2D eigenvalue weighted by Crippen LogP contribution is 2.08. The Balaban J connectivity index is 3.23. The molecule has 0 bridgehead atoms. The van der Waals surface area contributed by atoms with Crippen molar-refractivity contribution >= 4 is 28.4 Å². The van der Waals surface area contributed by atoms with Gasteiger partial charge >= 0.3 is 0 Å². The summed E-state index contributed by atoms with van der Waals surface area (Å²) >= 11 is 2.09. The summed E-state index contributed by atoms with van der Waals surface area (Å²) in [6.45, 7) is 0. The zero-order valence-electron chi connectivity index (χ0n) is 5.43. The molecule has 0 radical (unpaired) electrons. The molecule has 0 aliphatic rings. The molecule has 0 aromatic carbocycles. The number of rotatable bonds is 1. The molecule has 0 aliphatic heterocycles. The minimum atomic E-state index is 0.0596. The first-order valence-corrected chi connectivity index (χ1v) is 3.72. The van der Waals surface area contributed by atoms with Gasteiger partial charge in [0, 0.05) is 7.05 Å². The molecule has 5 heteroatoms. The van der Waals surface area contributed by atoms with Crippen LogP contribution in [-0.2, 0) is 7.05 Å². The first-order valence-electron chi connectivity index (χ1n) is 2.65. The molecule has 1 aromatic heterocycles. The largest absolute Gasteiger partial charge is 0.382 e. The van der Waals surface area contributed by atoms with E-state index in [1.54, 1.807) is 17.9 Å². The fraction of sp³-hybridized carbons (Fsp3) is 0.200. The van der Waals surface area contributed by atoms with Gasteiger partial charge in [0.2, 0.25) is 0 Å². The summed E-state index contributed by atoms with van der Waals surface area (Å²) in [6.07, 6.45) is 1.68. The van der Waals surface area contributed by atoms with Crippen molar-refractivity contribution in [3.63, 3.8) is 0 Å². The average Bonchev–Trinajstić information content (AvgIpc) is 2.11. The van der Waals surface area contributed by atoms with E-state index in [1.807, 2.05) is 0 Å². The van der Waals surface area contributed by atoms with Crippen molar-refractivity contribution in [2.24, 2.45) is 12.8 Å². The molecule has 1 heterocycles. The van der Waals surface area contributed by atoms with Crippen molar-refractivity contribution in [2.45, 2.75) is 0 Å². The lowest BCUT2D eigenvalue weighted by molar-refractivity contribution is 0.758. The number of halogens is 1. The number of amidine groups is 1. The Labute approximate surface area is 72.1 Å². The summed E-state index contributed by atoms with van der Waals surface area (Å²) in [4.78, 5) is 0. The van der Waals surface area contributed by atoms with Crippen LogP contribution in [0.15, 0.2) is 6.20 Å². The lowest BCUT2D eigenvalue weighted by Gasteiger charge is -1.97. The average molecular weight is 250 g/mol. The predicted octanol–water partition coefficient (Wildman–Crippen LogP) is 0.309. The SMILES string of the molecule is Cn1ncc(I)c1C(=N)N. The number of hydrogen-bond acceptors (Lipinski definition) is 2. The van der Waals surface area contributed by atoms with Gasteiger partial charge in [-0.05, 0) is 22.6 Å². The van der Waals surface area contributed by atoms with E-state index < -0.39 is 0 Å². The molecule has 0 saturated heterocycles. The van der Waals surface area contributed by atoms with Crippen molar-refractivity contribution < 1.29 is 0 Å². The molecule has 54 valence electrons. The lowest BCUT2D eigenvalue weighted by atomic mass is 10.4. The van der Waals surface area contributed by atoms with E-state index in [1.165, 1.54) is 0 Å². The number of aryl methyl sites for hydroxylation is 1. The highest BCUT2D eigenvalue weighted by atomic mass is 127. The van der Waals surface area contributed by atoms with Crippen molar-refractivity contribution in [1.29, 1.82) is 5.41 Å². The molecule has 4 nitrogen and oxygen atoms in total. The number of hydrogen-bond donors (Lipinski definition) is 2. The predicted molar refractivity (Wildman–Crippen MR) is 46.9 cm³/mol. The van der Waals surface area contributed by atoms with E-state index in [-0.39, 0.29) is 5.84 Å². The molecule has 0 aliphatic carbocycles. The maximum absolute atomic E-state index is 7.15. The quantitative estimate of drug-likeness (QED) is 0.428. The fourth-order valence-electron chi connectivity index (χ4n) is 0.714. The maximum Gasteiger partial charge on any atom is 0.142 e. The van der Waals surface area contributed by atoms with E-state index in [4.69, 9.17) is 11.1 Å². The van der Waals surface area contributed by atoms with Crippen LogP contribution in [0.5, 0.6) is 0 Å². The van der Waals surface area contributed by atoms with Crippen LogP contribution in [0.4, 0.5) is 0 Å². The highest BCUT2D eigenvalue weighted by molar-refractivity contribution is 14.1. The number of aromatic nitrogens is 2. The monoisotopic (exact) mass is 250 g/mol. The molecular formula is C5H7IN4. The third-order valence-electron chi connectivity index (χ3n) is 1.15. The van der Waals surface area contributed by atoms with Crippen molar-refractivity contribution in [2.75, 3.05) is 0 Å². The molecule has 0 atom stereocenters. The first kappa shape index (κ1) is 7.52. The summed E-state index contributed by atoms with van der Waals surface area (Å²) in [5.74, 6) is 0.0596. The van der Waals surface area contributed by atoms with Gasteiger partial charge in [0.1, 0.15) is 11.5 Å². The third kappa shape index (κ3) is 1.13. The van der Waals surface area contributed by atoms with Crippen molar-refractivity contribution in [3.8, 4) is 0 Å². The topological polar surface area (TPSA) is 67.7 Å². The molecule has 0 saturated carbocycles. The minimum absolute atomic E-state index is 0.0596. The Kier molecular flexibility index (Phi) is 1.93. The van der Waals surface area contributed by atoms with Crippen molar-refractivity contribution in [1.82, 2.24) is 9.78 Å². The number of nitrogens with zero attached hydrogens (tertiary/aromatic N) is 2. The van der Waals surface area contributed by atoms with Crippen LogP contribution in [0.1, 0.15) is 5.69 Å². The Morgan fingerprint density at radius 2 is 2.50 bits per heavy atom. The Morgan fingerprint density at radius 1 is 1.90 bits per heavy atom. The molecular weight excluding hydrogens is 243 g/mol. The molecule has 0 amide bonds. The van der Waals surface area contributed by atoms with Gasteiger partial charge in [0.25, 0.3) is 0 Å². The maximum atomic E-state index is 7.15. The Hall–Kier alpha value is -0.590. The van der Waals surface area contributed by atoms with Gasteiger partial charge in [-0.2, -0.15) is 5.10 Å². The second-order valence-corrected chi connectivity index (χ2v) is 3.04. The molecule has 10 heavy (non-hydrogen) atoms. The molecule has 0 spiro atoms. The van der Waals surface area contributed by atoms with Gasteiger partial charge in [0.05, 0.1) is 9.77 Å². The van der Waals surface area contributed by atoms with E-state index >= 15 is 0 Å². The smallest absolute Gasteiger partial charge is 0.142 e. The summed E-state index contributed by atoms with van der Waals surface area (Å²) in [5.41, 5.74) is 5.96. The van der Waals surface area contributed by atoms with Gasteiger partial charge in [0.15, 0.2) is 0 Å². The normalized spacial score (nSPS) is 9.80. The molecule has 0 fully saturated rings. The molecule has 0 unspecified atom stereocenters. The summed E-state index contributed by atoms with van der Waals surface area (Å²) in [6, 6.07) is 0. The summed E-state index contributed by atoms with van der Waals surface area (Å²) in [5, 5.41) is 11.1. The number of nitrogens with two attached hydrogens (primary N) is 1. The second-order valence-electron chi connectivity index (χ2n) is 1.88. The zero-order chi connectivity index (χ0) is 7.72. The fourth-order valence-corrected chi connectivity index (χ4v) is 1.48. The van der Waals surface area contributed by atoms with Crippen LogP contribution < -0.4 is 5.73 Å². The molecule has 1 aromatic rings. The zero-order valence-corrected chi connectivity index (χ0v) is 7.58. The van der Waals surface area contributed by atoms with Crippen molar-refractivity contribution in [3.05, 3.63) is 15.5 Å². The van der Waals surface area contributed by atoms with E-state index in [0.717, 1.165) is 3.57 Å². The summed E-state index contributed by atoms with van der Waals surface area (Å²) in [7, 11) is 1.76. The Bertz CT molecular complexity index is 245. The molecule has 3 N–H and O–H groups in total. The summed E-state index contributed by atoms with van der Waals surface area (Å²) < 4.78 is 2.50. The third-order valence-corrected chi connectivity index (χ3v) is 1.94. The van der Waals surface area contributed by atoms with E-state index in [2.05, 4.69) is 27.7 Å². The highest BCUT2D eigenvalue weighted by Gasteiger charge is 2.06. The Morgan fingerprint density at radius 3 is 2.70 bits per heavy atom. The minimum Gasteiger partial charge on any atom is -0.382 e. The van der Waals surface area contributed by atoms with Gasteiger partial charge in [-0.15, -0.1) is 0 Å². The first-order chi connectivity index (χ1) is 4.63. The number of nitrogens with one attached hydrogen (secondary N) is 1. The van der Waals surface area contributed by atoms with E-state index in [9.17, 15) is 0 Å². The van der Waals surface area contributed by atoms with Crippen LogP contribution in [0.25, 0.3) is 0 Å². The lowest BCUT2D eigenvalue weighted by Crippen LogP contribution is -2.16. The van der Waals surface area contributed by atoms with Crippen LogP contribution >= 0.6 is 22.6 Å². The van der Waals surface area contributed by atoms with Gasteiger partial charge in [-0.25, -0.2) is 0 Å². The van der Waals surface area contributed by atoms with Crippen LogP contribution in [0.3, 0.4) is 0 Å². The standard InChI is InChI=1S/C5H7IN4/c1-10-4(5(7)8)3(6)2-9-10/h2H,1H3,(H3,7,8).